The van der Waals surface area contributed by atoms with Crippen LogP contribution in [0.2, 0.25) is 0 Å². The summed E-state index contributed by atoms with van der Waals surface area (Å²) < 4.78 is 6.49. The summed E-state index contributed by atoms with van der Waals surface area (Å²) in [4.78, 5) is 17.8. The van der Waals surface area contributed by atoms with Crippen molar-refractivity contribution < 1.29 is 9.53 Å². The van der Waals surface area contributed by atoms with Crippen LogP contribution in [0.1, 0.15) is 111 Å². The SMILES string of the molecule is CSC(C)(C)CN(C)CCN(CCCCC(=O)NC(C)Cc1ccc(OCCCCC2CCCCC2)cc1)CC(C)(C)SC. The van der Waals surface area contributed by atoms with E-state index in [0.29, 0.717) is 6.42 Å². The number of nitrogens with one attached hydrogen (secondary N) is 1. The molecule has 254 valence electrons. The average molecular weight is 650 g/mol. The van der Waals surface area contributed by atoms with Crippen LogP contribution in [-0.2, 0) is 11.2 Å². The van der Waals surface area contributed by atoms with Crippen LogP contribution < -0.4 is 10.1 Å². The number of carbonyl (C=O) groups is 1. The Morgan fingerprint density at radius 1 is 0.909 bits per heavy atom. The first-order chi connectivity index (χ1) is 20.9. The number of hydrogen-bond donors (Lipinski definition) is 1. The minimum absolute atomic E-state index is 0.119. The van der Waals surface area contributed by atoms with Crippen LogP contribution in [-0.4, -0.2) is 90.1 Å². The average Bonchev–Trinajstić information content (AvgIpc) is 2.98. The normalized spacial score (nSPS) is 15.6. The maximum atomic E-state index is 12.7. The molecule has 1 saturated carbocycles. The largest absolute Gasteiger partial charge is 0.494 e. The molecule has 2 rings (SSSR count). The van der Waals surface area contributed by atoms with Gasteiger partial charge in [0.25, 0.3) is 0 Å². The van der Waals surface area contributed by atoms with Gasteiger partial charge in [0.1, 0.15) is 5.75 Å². The van der Waals surface area contributed by atoms with Gasteiger partial charge in [-0.05, 0) is 116 Å². The Morgan fingerprint density at radius 2 is 1.57 bits per heavy atom. The molecule has 7 heteroatoms. The maximum absolute atomic E-state index is 12.7. The first kappa shape index (κ1) is 39.3. The summed E-state index contributed by atoms with van der Waals surface area (Å²) in [5, 5.41) is 3.23. The summed E-state index contributed by atoms with van der Waals surface area (Å²) in [6.07, 6.45) is 18.8. The number of hydrogen-bond acceptors (Lipinski definition) is 6. The number of carbonyl (C=O) groups excluding carboxylic acids is 1. The van der Waals surface area contributed by atoms with E-state index in [9.17, 15) is 4.79 Å². The number of thioether (sulfide) groups is 2. The zero-order valence-electron chi connectivity index (χ0n) is 29.7. The van der Waals surface area contributed by atoms with Gasteiger partial charge in [0.2, 0.25) is 5.91 Å². The summed E-state index contributed by atoms with van der Waals surface area (Å²) in [7, 11) is 2.24. The third-order valence-corrected chi connectivity index (χ3v) is 11.6. The molecule has 0 spiro atoms. The van der Waals surface area contributed by atoms with E-state index in [-0.39, 0.29) is 21.4 Å². The van der Waals surface area contributed by atoms with E-state index >= 15 is 0 Å². The maximum Gasteiger partial charge on any atom is 0.220 e. The second kappa shape index (κ2) is 21.1. The third-order valence-electron chi connectivity index (χ3n) is 9.16. The highest BCUT2D eigenvalue weighted by atomic mass is 32.2. The van der Waals surface area contributed by atoms with E-state index in [0.717, 1.165) is 76.7 Å². The van der Waals surface area contributed by atoms with E-state index in [1.165, 1.54) is 50.5 Å². The number of likely N-dealkylation sites (N-methyl/N-ethyl adjacent to an activating group) is 1. The predicted molar refractivity (Wildman–Crippen MR) is 197 cm³/mol. The highest BCUT2D eigenvalue weighted by Crippen LogP contribution is 2.28. The van der Waals surface area contributed by atoms with Crippen LogP contribution in [0, 0.1) is 5.92 Å². The van der Waals surface area contributed by atoms with Crippen LogP contribution in [0.15, 0.2) is 24.3 Å². The molecule has 0 aliphatic heterocycles. The molecule has 0 bridgehead atoms. The van der Waals surface area contributed by atoms with Gasteiger partial charge in [0, 0.05) is 48.1 Å². The van der Waals surface area contributed by atoms with Crippen molar-refractivity contribution in [3.8, 4) is 5.75 Å². The summed E-state index contributed by atoms with van der Waals surface area (Å²) >= 11 is 3.87. The summed E-state index contributed by atoms with van der Waals surface area (Å²) in [5.41, 5.74) is 1.24. The van der Waals surface area contributed by atoms with Crippen molar-refractivity contribution in [1.29, 1.82) is 0 Å². The number of unbranched alkanes of at least 4 members (excludes halogenated alkanes) is 2. The molecule has 1 aromatic carbocycles. The van der Waals surface area contributed by atoms with Gasteiger partial charge in [0.05, 0.1) is 6.61 Å². The molecule has 1 fully saturated rings. The van der Waals surface area contributed by atoms with E-state index in [4.69, 9.17) is 4.74 Å². The van der Waals surface area contributed by atoms with E-state index < -0.39 is 0 Å². The van der Waals surface area contributed by atoms with Crippen molar-refractivity contribution in [1.82, 2.24) is 15.1 Å². The first-order valence-electron chi connectivity index (χ1n) is 17.4. The van der Waals surface area contributed by atoms with Gasteiger partial charge in [-0.25, -0.2) is 0 Å². The molecule has 0 heterocycles. The molecule has 1 aliphatic carbocycles. The number of rotatable bonds is 23. The van der Waals surface area contributed by atoms with Gasteiger partial charge < -0.3 is 19.9 Å². The fourth-order valence-electron chi connectivity index (χ4n) is 6.27. The van der Waals surface area contributed by atoms with Gasteiger partial charge in [-0.2, -0.15) is 23.5 Å². The van der Waals surface area contributed by atoms with Gasteiger partial charge in [-0.1, -0.05) is 50.7 Å². The quantitative estimate of drug-likeness (QED) is 0.120. The molecular formula is C37H67N3O2S2. The molecule has 5 nitrogen and oxygen atoms in total. The molecule has 1 aromatic rings. The standard InChI is InChI=1S/C37H67N3O2S2/c1-31(28-33-20-22-34(23-21-33)42-27-15-13-18-32-16-10-9-11-17-32)38-35(41)19-12-14-24-40(30-37(4,5)44-8)26-25-39(6)29-36(2,3)43-7/h20-23,31-32H,9-19,24-30H2,1-8H3,(H,38,41). The monoisotopic (exact) mass is 649 g/mol. The van der Waals surface area contributed by atoms with Crippen LogP contribution in [0.4, 0.5) is 0 Å². The van der Waals surface area contributed by atoms with Crippen molar-refractivity contribution in [3.05, 3.63) is 29.8 Å². The van der Waals surface area contributed by atoms with E-state index in [2.05, 4.69) is 93.6 Å². The highest BCUT2D eigenvalue weighted by Gasteiger charge is 2.22. The minimum atomic E-state index is 0.119. The van der Waals surface area contributed by atoms with Crippen molar-refractivity contribution in [2.75, 3.05) is 58.9 Å². The van der Waals surface area contributed by atoms with Crippen LogP contribution in [0.5, 0.6) is 5.75 Å². The van der Waals surface area contributed by atoms with Crippen molar-refractivity contribution in [2.45, 2.75) is 127 Å². The molecule has 1 amide bonds. The van der Waals surface area contributed by atoms with Crippen molar-refractivity contribution in [2.24, 2.45) is 5.92 Å². The van der Waals surface area contributed by atoms with Crippen LogP contribution in [0.25, 0.3) is 0 Å². The number of amides is 1. The fourth-order valence-corrected chi connectivity index (χ4v) is 6.94. The van der Waals surface area contributed by atoms with E-state index in [1.54, 1.807) is 0 Å². The molecule has 44 heavy (non-hydrogen) atoms. The summed E-state index contributed by atoms with van der Waals surface area (Å²) in [5.74, 6) is 2.08. The Morgan fingerprint density at radius 3 is 2.23 bits per heavy atom. The number of ether oxygens (including phenoxy) is 1. The van der Waals surface area contributed by atoms with Gasteiger partial charge in [-0.3, -0.25) is 4.79 Å². The lowest BCUT2D eigenvalue weighted by molar-refractivity contribution is -0.121. The lowest BCUT2D eigenvalue weighted by atomic mass is 9.86. The van der Waals surface area contributed by atoms with Crippen molar-refractivity contribution in [3.63, 3.8) is 0 Å². The third kappa shape index (κ3) is 17.7. The molecule has 1 unspecified atom stereocenters. The predicted octanol–water partition coefficient (Wildman–Crippen LogP) is 8.55. The Balaban J connectivity index is 1.64. The summed E-state index contributed by atoms with van der Waals surface area (Å²) in [6.45, 7) is 17.6. The molecule has 0 aromatic heterocycles. The Labute approximate surface area is 280 Å². The number of nitrogens with zero attached hydrogens (tertiary/aromatic N) is 2. The molecule has 1 aliphatic rings. The van der Waals surface area contributed by atoms with Crippen LogP contribution in [0.3, 0.4) is 0 Å². The molecular weight excluding hydrogens is 583 g/mol. The second-order valence-electron chi connectivity index (χ2n) is 14.6. The lowest BCUT2D eigenvalue weighted by Gasteiger charge is -2.34. The highest BCUT2D eigenvalue weighted by molar-refractivity contribution is 8.00. The Hall–Kier alpha value is -0.890. The second-order valence-corrected chi connectivity index (χ2v) is 17.6. The molecule has 0 radical (unpaired) electrons. The van der Waals surface area contributed by atoms with Gasteiger partial charge in [0.15, 0.2) is 0 Å². The lowest BCUT2D eigenvalue weighted by Crippen LogP contribution is -2.43. The van der Waals surface area contributed by atoms with Gasteiger partial charge in [-0.15, -0.1) is 0 Å². The molecule has 1 N–H and O–H groups in total. The van der Waals surface area contributed by atoms with Gasteiger partial charge >= 0.3 is 0 Å². The number of benzene rings is 1. The summed E-state index contributed by atoms with van der Waals surface area (Å²) in [6, 6.07) is 8.57. The molecule has 1 atom stereocenters. The zero-order valence-corrected chi connectivity index (χ0v) is 31.4. The first-order valence-corrected chi connectivity index (χ1v) is 19.9. The van der Waals surface area contributed by atoms with Crippen molar-refractivity contribution >= 4 is 29.4 Å². The fraction of sp³-hybridized carbons (Fsp3) is 0.811. The smallest absolute Gasteiger partial charge is 0.220 e. The minimum Gasteiger partial charge on any atom is -0.494 e. The van der Waals surface area contributed by atoms with E-state index in [1.807, 2.05) is 23.5 Å². The molecule has 0 saturated heterocycles. The Kier molecular flexibility index (Phi) is 18.8. The van der Waals surface area contributed by atoms with Crippen LogP contribution >= 0.6 is 23.5 Å². The topological polar surface area (TPSA) is 44.8 Å². The Bertz CT molecular complexity index is 903. The zero-order chi connectivity index (χ0) is 32.4.